The van der Waals surface area contributed by atoms with E-state index in [0.717, 1.165) is 19.4 Å². The third-order valence-electron chi connectivity index (χ3n) is 6.16. The van der Waals surface area contributed by atoms with Crippen LogP contribution < -0.4 is 10.6 Å². The Morgan fingerprint density at radius 3 is 2.25 bits per heavy atom. The van der Waals surface area contributed by atoms with E-state index in [-0.39, 0.29) is 49.4 Å². The van der Waals surface area contributed by atoms with Crippen molar-refractivity contribution < 1.29 is 18.0 Å². The summed E-state index contributed by atoms with van der Waals surface area (Å²) in [6.07, 6.45) is -0.505. The summed E-state index contributed by atoms with van der Waals surface area (Å²) in [5.74, 6) is 0.00204. The van der Waals surface area contributed by atoms with E-state index < -0.39 is 17.0 Å². The molecule has 1 amide bonds. The van der Waals surface area contributed by atoms with Crippen molar-refractivity contribution in [3.05, 3.63) is 0 Å². The average Bonchev–Trinajstić information content (AvgIpc) is 2.44. The fourth-order valence-electron chi connectivity index (χ4n) is 5.61. The molecule has 0 aromatic rings. The summed E-state index contributed by atoms with van der Waals surface area (Å²) in [6, 6.07) is 0. The van der Waals surface area contributed by atoms with Crippen molar-refractivity contribution in [2.24, 2.45) is 22.7 Å². The first kappa shape index (κ1) is 19.8. The van der Waals surface area contributed by atoms with Gasteiger partial charge in [0, 0.05) is 13.1 Å². The van der Waals surface area contributed by atoms with Crippen LogP contribution in [0.1, 0.15) is 51.9 Å². The molecule has 0 heterocycles. The van der Waals surface area contributed by atoms with Gasteiger partial charge in [0.25, 0.3) is 0 Å². The van der Waals surface area contributed by atoms with E-state index in [1.165, 1.54) is 0 Å². The van der Waals surface area contributed by atoms with Gasteiger partial charge in [0.2, 0.25) is 5.91 Å². The fraction of sp³-hybridized carbons (Fsp3) is 0.941. The molecule has 0 spiro atoms. The Hall–Kier alpha value is -0.490. The lowest BCUT2D eigenvalue weighted by atomic mass is 9.43. The standard InChI is InChI=1S/C17H27F3N2O.ClH/c1-2-3-21-4-5-22-14(23)15-7-12-6-13(8-15)10-16(9-12,11-15)17(18,19)20;/h12-13,21H,2-11H2,1H3,(H,22,23);1H. The number of carbonyl (C=O) groups excluding carboxylic acids is 1. The van der Waals surface area contributed by atoms with E-state index in [2.05, 4.69) is 17.6 Å². The summed E-state index contributed by atoms with van der Waals surface area (Å²) < 4.78 is 41.0. The Morgan fingerprint density at radius 1 is 1.08 bits per heavy atom. The van der Waals surface area contributed by atoms with Gasteiger partial charge < -0.3 is 10.6 Å². The van der Waals surface area contributed by atoms with Gasteiger partial charge in [-0.15, -0.1) is 12.4 Å². The lowest BCUT2D eigenvalue weighted by Gasteiger charge is -2.61. The molecule has 24 heavy (non-hydrogen) atoms. The number of hydrogen-bond acceptors (Lipinski definition) is 2. The number of halogens is 4. The fourth-order valence-corrected chi connectivity index (χ4v) is 5.61. The number of hydrogen-bond donors (Lipinski definition) is 2. The van der Waals surface area contributed by atoms with Crippen molar-refractivity contribution in [3.63, 3.8) is 0 Å². The van der Waals surface area contributed by atoms with Crippen LogP contribution in [0.3, 0.4) is 0 Å². The Balaban J connectivity index is 0.00000208. The van der Waals surface area contributed by atoms with Crippen LogP contribution in [0.15, 0.2) is 0 Å². The number of rotatable bonds is 6. The van der Waals surface area contributed by atoms with Crippen LogP contribution in [0.25, 0.3) is 0 Å². The number of alkyl halides is 3. The molecule has 4 rings (SSSR count). The highest BCUT2D eigenvalue weighted by molar-refractivity contribution is 5.85. The van der Waals surface area contributed by atoms with E-state index >= 15 is 0 Å². The molecule has 2 N–H and O–H groups in total. The molecule has 140 valence electrons. The second kappa shape index (κ2) is 7.02. The number of carbonyl (C=O) groups is 1. The third kappa shape index (κ3) is 3.41. The zero-order chi connectivity index (χ0) is 16.7. The van der Waals surface area contributed by atoms with Crippen molar-refractivity contribution in [2.75, 3.05) is 19.6 Å². The Morgan fingerprint density at radius 2 is 1.71 bits per heavy atom. The molecule has 4 aliphatic rings. The normalized spacial score (nSPS) is 37.2. The highest BCUT2D eigenvalue weighted by Gasteiger charge is 2.68. The minimum Gasteiger partial charge on any atom is -0.354 e. The van der Waals surface area contributed by atoms with Gasteiger partial charge in [0.15, 0.2) is 0 Å². The summed E-state index contributed by atoms with van der Waals surface area (Å²) in [5.41, 5.74) is -2.38. The van der Waals surface area contributed by atoms with Gasteiger partial charge in [-0.2, -0.15) is 13.2 Å². The summed E-state index contributed by atoms with van der Waals surface area (Å²) in [4.78, 5) is 12.7. The first-order valence-corrected chi connectivity index (χ1v) is 8.86. The lowest BCUT2D eigenvalue weighted by molar-refractivity contribution is -0.283. The van der Waals surface area contributed by atoms with Crippen molar-refractivity contribution in [1.29, 1.82) is 0 Å². The van der Waals surface area contributed by atoms with Crippen LogP contribution in [-0.4, -0.2) is 31.7 Å². The SMILES string of the molecule is CCCNCCNC(=O)C12CC3CC(C1)CC(C(F)(F)F)(C3)C2.Cl. The largest absolute Gasteiger partial charge is 0.394 e. The first-order valence-electron chi connectivity index (χ1n) is 8.86. The zero-order valence-electron chi connectivity index (χ0n) is 14.2. The molecule has 0 aliphatic heterocycles. The van der Waals surface area contributed by atoms with E-state index in [1.807, 2.05) is 0 Å². The lowest BCUT2D eigenvalue weighted by Crippen LogP contribution is -2.61. The molecule has 3 nitrogen and oxygen atoms in total. The van der Waals surface area contributed by atoms with E-state index in [9.17, 15) is 18.0 Å². The van der Waals surface area contributed by atoms with Gasteiger partial charge in [-0.25, -0.2) is 0 Å². The van der Waals surface area contributed by atoms with Crippen molar-refractivity contribution in [3.8, 4) is 0 Å². The first-order chi connectivity index (χ1) is 10.8. The molecule has 4 aliphatic carbocycles. The summed E-state index contributed by atoms with van der Waals surface area (Å²) in [6.45, 7) is 4.13. The summed E-state index contributed by atoms with van der Waals surface area (Å²) >= 11 is 0. The maximum atomic E-state index is 13.7. The molecule has 2 atom stereocenters. The van der Waals surface area contributed by atoms with Gasteiger partial charge in [0.1, 0.15) is 0 Å². The Labute approximate surface area is 147 Å². The van der Waals surface area contributed by atoms with Crippen molar-refractivity contribution in [1.82, 2.24) is 10.6 Å². The molecule has 7 heteroatoms. The molecule has 0 radical (unpaired) electrons. The molecule has 0 aromatic carbocycles. The zero-order valence-corrected chi connectivity index (χ0v) is 15.0. The topological polar surface area (TPSA) is 41.1 Å². The minimum atomic E-state index is -4.18. The molecule has 4 bridgehead atoms. The van der Waals surface area contributed by atoms with Crippen molar-refractivity contribution in [2.45, 2.75) is 58.0 Å². The number of nitrogens with one attached hydrogen (secondary N) is 2. The third-order valence-corrected chi connectivity index (χ3v) is 6.16. The predicted octanol–water partition coefficient (Wildman–Crippen LogP) is 3.67. The molecule has 0 saturated heterocycles. The van der Waals surface area contributed by atoms with E-state index in [0.29, 0.717) is 25.9 Å². The second-order valence-electron chi connectivity index (χ2n) is 8.03. The molecular formula is C17H28ClF3N2O. The highest BCUT2D eigenvalue weighted by Crippen LogP contribution is 2.69. The number of amides is 1. The van der Waals surface area contributed by atoms with E-state index in [4.69, 9.17) is 0 Å². The minimum absolute atomic E-state index is 0. The second-order valence-corrected chi connectivity index (χ2v) is 8.03. The summed E-state index contributed by atoms with van der Waals surface area (Å²) in [5, 5.41) is 6.10. The average molecular weight is 369 g/mol. The van der Waals surface area contributed by atoms with Crippen LogP contribution >= 0.6 is 12.4 Å². The molecular weight excluding hydrogens is 341 g/mol. The molecule has 4 fully saturated rings. The predicted molar refractivity (Wildman–Crippen MR) is 89.0 cm³/mol. The maximum Gasteiger partial charge on any atom is 0.394 e. The van der Waals surface area contributed by atoms with Crippen LogP contribution in [0.4, 0.5) is 13.2 Å². The van der Waals surface area contributed by atoms with Gasteiger partial charge in [0.05, 0.1) is 10.8 Å². The highest BCUT2D eigenvalue weighted by atomic mass is 35.5. The molecule has 2 unspecified atom stereocenters. The van der Waals surface area contributed by atoms with Crippen LogP contribution in [0, 0.1) is 22.7 Å². The molecule has 4 saturated carbocycles. The van der Waals surface area contributed by atoms with Gasteiger partial charge in [-0.3, -0.25) is 4.79 Å². The van der Waals surface area contributed by atoms with Crippen LogP contribution in [0.5, 0.6) is 0 Å². The summed E-state index contributed by atoms with van der Waals surface area (Å²) in [7, 11) is 0. The van der Waals surface area contributed by atoms with Gasteiger partial charge in [-0.05, 0) is 63.3 Å². The van der Waals surface area contributed by atoms with Crippen LogP contribution in [-0.2, 0) is 4.79 Å². The van der Waals surface area contributed by atoms with Crippen molar-refractivity contribution >= 4 is 18.3 Å². The quantitative estimate of drug-likeness (QED) is 0.702. The smallest absolute Gasteiger partial charge is 0.354 e. The van der Waals surface area contributed by atoms with Crippen LogP contribution in [0.2, 0.25) is 0 Å². The maximum absolute atomic E-state index is 13.7. The van der Waals surface area contributed by atoms with Gasteiger partial charge >= 0.3 is 6.18 Å². The Kier molecular flexibility index (Phi) is 5.80. The monoisotopic (exact) mass is 368 g/mol. The Bertz CT molecular complexity index is 455. The van der Waals surface area contributed by atoms with E-state index in [1.54, 1.807) is 0 Å². The van der Waals surface area contributed by atoms with Gasteiger partial charge in [-0.1, -0.05) is 6.92 Å². The molecule has 0 aromatic heterocycles.